The number of methoxy groups -OCH3 is 1. The Balaban J connectivity index is 1.63. The van der Waals surface area contributed by atoms with Gasteiger partial charge < -0.3 is 24.6 Å². The average Bonchev–Trinajstić information content (AvgIpc) is 3.73. The highest BCUT2D eigenvalue weighted by atomic mass is 16.5. The zero-order chi connectivity index (χ0) is 25.8. The summed E-state index contributed by atoms with van der Waals surface area (Å²) >= 11 is 0. The van der Waals surface area contributed by atoms with E-state index < -0.39 is 5.91 Å². The maximum absolute atomic E-state index is 13.3. The van der Waals surface area contributed by atoms with Crippen LogP contribution in [0.5, 0.6) is 5.75 Å². The van der Waals surface area contributed by atoms with Crippen LogP contribution in [0.25, 0.3) is 0 Å². The zero-order valence-electron chi connectivity index (χ0n) is 21.1. The molecule has 0 spiro atoms. The third kappa shape index (κ3) is 5.81. The molecular formula is C26H33N5O5. The van der Waals surface area contributed by atoms with Gasteiger partial charge in [-0.15, -0.1) is 0 Å². The van der Waals surface area contributed by atoms with E-state index in [0.29, 0.717) is 30.1 Å². The van der Waals surface area contributed by atoms with Gasteiger partial charge in [-0.3, -0.25) is 19.4 Å². The molecule has 1 aromatic heterocycles. The molecule has 2 aromatic rings. The summed E-state index contributed by atoms with van der Waals surface area (Å²) in [6, 6.07) is 4.69. The Morgan fingerprint density at radius 2 is 1.94 bits per heavy atom. The molecule has 3 amide bonds. The first kappa shape index (κ1) is 25.6. The number of rotatable bonds is 4. The number of benzene rings is 1. The molecule has 1 saturated carbocycles. The van der Waals surface area contributed by atoms with Gasteiger partial charge in [0.2, 0.25) is 5.91 Å². The molecule has 2 heterocycles. The van der Waals surface area contributed by atoms with Crippen molar-refractivity contribution in [2.45, 2.75) is 38.8 Å². The third-order valence-electron chi connectivity index (χ3n) is 6.71. The number of likely N-dealkylation sites (N-methyl/N-ethyl adjacent to an activating group) is 1. The number of nitrogens with one attached hydrogen (secondary N) is 1. The molecule has 2 aliphatic rings. The summed E-state index contributed by atoms with van der Waals surface area (Å²) in [4.78, 5) is 50.4. The number of fused-ring (bicyclic) bond motifs is 1. The molecule has 1 aliphatic heterocycles. The molecule has 0 saturated heterocycles. The molecule has 1 aliphatic carbocycles. The molecule has 10 nitrogen and oxygen atoms in total. The Morgan fingerprint density at radius 3 is 2.61 bits per heavy atom. The van der Waals surface area contributed by atoms with Gasteiger partial charge in [-0.1, -0.05) is 6.92 Å². The summed E-state index contributed by atoms with van der Waals surface area (Å²) < 4.78 is 11.9. The third-order valence-corrected chi connectivity index (χ3v) is 6.71. The summed E-state index contributed by atoms with van der Waals surface area (Å²) in [7, 11) is 3.35. The van der Waals surface area contributed by atoms with Gasteiger partial charge in [0.25, 0.3) is 11.8 Å². The average molecular weight is 496 g/mol. The van der Waals surface area contributed by atoms with Crippen molar-refractivity contribution >= 4 is 23.4 Å². The quantitative estimate of drug-likeness (QED) is 0.693. The molecule has 0 radical (unpaired) electrons. The number of hydrogen-bond acceptors (Lipinski definition) is 7. The predicted octanol–water partition coefficient (Wildman–Crippen LogP) is 2.47. The van der Waals surface area contributed by atoms with Crippen LogP contribution in [0.4, 0.5) is 5.69 Å². The number of hydrogen-bond donors (Lipinski definition) is 1. The van der Waals surface area contributed by atoms with Crippen LogP contribution in [0.1, 0.15) is 47.5 Å². The molecule has 192 valence electrons. The minimum atomic E-state index is -0.425. The van der Waals surface area contributed by atoms with E-state index in [9.17, 15) is 14.4 Å². The van der Waals surface area contributed by atoms with Crippen LogP contribution >= 0.6 is 0 Å². The monoisotopic (exact) mass is 495 g/mol. The first-order valence-electron chi connectivity index (χ1n) is 12.2. The van der Waals surface area contributed by atoms with Crippen LogP contribution in [0, 0.1) is 11.8 Å². The highest BCUT2D eigenvalue weighted by Crippen LogP contribution is 2.33. The van der Waals surface area contributed by atoms with E-state index in [-0.39, 0.29) is 48.1 Å². The van der Waals surface area contributed by atoms with Gasteiger partial charge in [-0.25, -0.2) is 4.98 Å². The van der Waals surface area contributed by atoms with Gasteiger partial charge in [0.05, 0.1) is 23.9 Å². The van der Waals surface area contributed by atoms with Gasteiger partial charge in [0.15, 0.2) is 0 Å². The Bertz CT molecular complexity index is 1110. The number of carbonyl (C=O) groups is 3. The van der Waals surface area contributed by atoms with Crippen LogP contribution < -0.4 is 10.1 Å². The molecule has 3 atom stereocenters. The number of nitrogens with zero attached hydrogens (tertiary/aromatic N) is 4. The maximum Gasteiger partial charge on any atom is 0.275 e. The van der Waals surface area contributed by atoms with E-state index in [4.69, 9.17) is 9.47 Å². The standard InChI is InChI=1S/C26H33N5O5/c1-16-13-31(25(33)18-5-6-18)17(2)15-36-22-11-19(29-24(32)21-12-27-9-10-28-21)7-8-20(22)26(34)30(3)14-23(16)35-4/h7-12,16-18,23H,5-6,13-15H2,1-4H3,(H,29,32)/t16-,17-,23+/m1/s1. The smallest absolute Gasteiger partial charge is 0.275 e. The van der Waals surface area contributed by atoms with E-state index >= 15 is 0 Å². The van der Waals surface area contributed by atoms with Gasteiger partial charge in [0, 0.05) is 63.2 Å². The number of carbonyl (C=O) groups excluding carboxylic acids is 3. The Morgan fingerprint density at radius 1 is 1.17 bits per heavy atom. The van der Waals surface area contributed by atoms with Crippen molar-refractivity contribution in [1.29, 1.82) is 0 Å². The fourth-order valence-corrected chi connectivity index (χ4v) is 4.33. The second-order valence-electron chi connectivity index (χ2n) is 9.62. The van der Waals surface area contributed by atoms with Crippen molar-refractivity contribution < 1.29 is 23.9 Å². The molecule has 0 unspecified atom stereocenters. The van der Waals surface area contributed by atoms with E-state index in [1.54, 1.807) is 37.3 Å². The van der Waals surface area contributed by atoms with Crippen LogP contribution in [0.15, 0.2) is 36.8 Å². The lowest BCUT2D eigenvalue weighted by atomic mass is 10.0. The topological polar surface area (TPSA) is 114 Å². The normalized spacial score (nSPS) is 23.1. The SMILES string of the molecule is CO[C@H]1CN(C)C(=O)c2ccc(NC(=O)c3cnccn3)cc2OC[C@@H](C)N(C(=O)C2CC2)C[C@H]1C. The first-order valence-corrected chi connectivity index (χ1v) is 12.2. The lowest BCUT2D eigenvalue weighted by Crippen LogP contribution is -2.49. The number of anilines is 1. The van der Waals surface area contributed by atoms with E-state index in [1.807, 2.05) is 18.7 Å². The number of aromatic nitrogens is 2. The highest BCUT2D eigenvalue weighted by Gasteiger charge is 2.37. The minimum absolute atomic E-state index is 0.0213. The van der Waals surface area contributed by atoms with Crippen molar-refractivity contribution in [3.8, 4) is 5.75 Å². The Labute approximate surface area is 211 Å². The second kappa shape index (κ2) is 11.0. The number of ether oxygens (including phenoxy) is 2. The molecule has 1 fully saturated rings. The molecule has 0 bridgehead atoms. The zero-order valence-corrected chi connectivity index (χ0v) is 21.1. The molecule has 1 N–H and O–H groups in total. The fourth-order valence-electron chi connectivity index (χ4n) is 4.33. The molecule has 1 aromatic carbocycles. The van der Waals surface area contributed by atoms with Gasteiger partial charge in [0.1, 0.15) is 18.1 Å². The fraction of sp³-hybridized carbons (Fsp3) is 0.500. The summed E-state index contributed by atoms with van der Waals surface area (Å²) in [5, 5.41) is 2.77. The van der Waals surface area contributed by atoms with Crippen LogP contribution in [-0.4, -0.2) is 83.5 Å². The Hall–Kier alpha value is -3.53. The molecule has 36 heavy (non-hydrogen) atoms. The van der Waals surface area contributed by atoms with Crippen molar-refractivity contribution in [1.82, 2.24) is 19.8 Å². The minimum Gasteiger partial charge on any atom is -0.491 e. The van der Waals surface area contributed by atoms with Crippen molar-refractivity contribution in [2.75, 3.05) is 39.2 Å². The van der Waals surface area contributed by atoms with Gasteiger partial charge >= 0.3 is 0 Å². The molecule has 4 rings (SSSR count). The van der Waals surface area contributed by atoms with Crippen molar-refractivity contribution in [2.24, 2.45) is 11.8 Å². The summed E-state index contributed by atoms with van der Waals surface area (Å²) in [6.07, 6.45) is 5.89. The van der Waals surface area contributed by atoms with E-state index in [0.717, 1.165) is 12.8 Å². The van der Waals surface area contributed by atoms with Gasteiger partial charge in [-0.05, 0) is 31.9 Å². The first-order chi connectivity index (χ1) is 17.3. The van der Waals surface area contributed by atoms with Gasteiger partial charge in [-0.2, -0.15) is 0 Å². The van der Waals surface area contributed by atoms with Crippen LogP contribution in [0.3, 0.4) is 0 Å². The maximum atomic E-state index is 13.3. The molecular weight excluding hydrogens is 462 g/mol. The summed E-state index contributed by atoms with van der Waals surface area (Å²) in [6.45, 7) is 5.07. The van der Waals surface area contributed by atoms with E-state index in [1.165, 1.54) is 18.6 Å². The highest BCUT2D eigenvalue weighted by molar-refractivity contribution is 6.03. The summed E-state index contributed by atoms with van der Waals surface area (Å²) in [5.74, 6) is -0.0751. The predicted molar refractivity (Wildman–Crippen MR) is 133 cm³/mol. The second-order valence-corrected chi connectivity index (χ2v) is 9.62. The van der Waals surface area contributed by atoms with Crippen molar-refractivity contribution in [3.63, 3.8) is 0 Å². The van der Waals surface area contributed by atoms with E-state index in [2.05, 4.69) is 15.3 Å². The largest absolute Gasteiger partial charge is 0.491 e. The Kier molecular flexibility index (Phi) is 7.83. The van der Waals surface area contributed by atoms with Crippen LogP contribution in [-0.2, 0) is 9.53 Å². The lowest BCUT2D eigenvalue weighted by Gasteiger charge is -2.36. The lowest BCUT2D eigenvalue weighted by molar-refractivity contribution is -0.136. The molecule has 10 heteroatoms. The summed E-state index contributed by atoms with van der Waals surface area (Å²) in [5.41, 5.74) is 0.990. The number of amides is 3. The van der Waals surface area contributed by atoms with Crippen LogP contribution in [0.2, 0.25) is 0 Å². The van der Waals surface area contributed by atoms with Crippen molar-refractivity contribution in [3.05, 3.63) is 48.0 Å².